The normalized spacial score (nSPS) is 43.5. The van der Waals surface area contributed by atoms with E-state index >= 15 is 0 Å². The summed E-state index contributed by atoms with van der Waals surface area (Å²) < 4.78 is 0. The predicted molar refractivity (Wildman–Crippen MR) is 72.4 cm³/mol. The molecule has 1 aliphatic heterocycles. The minimum atomic E-state index is -0.647. The highest BCUT2D eigenvalue weighted by molar-refractivity contribution is 6.00. The number of carbonyl (C=O) groups excluding carboxylic acids is 2. The van der Waals surface area contributed by atoms with Gasteiger partial charge in [0.2, 0.25) is 11.8 Å². The van der Waals surface area contributed by atoms with E-state index in [4.69, 9.17) is 0 Å². The fraction of sp³-hybridized carbons (Fsp3) is 0.867. The van der Waals surface area contributed by atoms with E-state index in [1.54, 1.807) is 0 Å². The lowest BCUT2D eigenvalue weighted by molar-refractivity contribution is -0.158. The van der Waals surface area contributed by atoms with Gasteiger partial charge < -0.3 is 10.2 Å². The van der Waals surface area contributed by atoms with Crippen LogP contribution in [0.1, 0.15) is 52.9 Å². The van der Waals surface area contributed by atoms with E-state index in [1.165, 1.54) is 12.8 Å². The molecule has 0 aromatic rings. The second kappa shape index (κ2) is 4.22. The highest BCUT2D eigenvalue weighted by Crippen LogP contribution is 2.44. The van der Waals surface area contributed by atoms with Crippen molar-refractivity contribution in [1.82, 2.24) is 10.2 Å². The van der Waals surface area contributed by atoms with Gasteiger partial charge in [-0.3, -0.25) is 9.59 Å². The molecule has 19 heavy (non-hydrogen) atoms. The lowest BCUT2D eigenvalue weighted by Crippen LogP contribution is -2.71. The van der Waals surface area contributed by atoms with Gasteiger partial charge in [-0.2, -0.15) is 0 Å². The van der Waals surface area contributed by atoms with Gasteiger partial charge >= 0.3 is 0 Å². The lowest BCUT2D eigenvalue weighted by atomic mass is 9.87. The van der Waals surface area contributed by atoms with Gasteiger partial charge in [0.25, 0.3) is 0 Å². The predicted octanol–water partition coefficient (Wildman–Crippen LogP) is 1.69. The van der Waals surface area contributed by atoms with Crippen molar-refractivity contribution >= 4 is 11.8 Å². The summed E-state index contributed by atoms with van der Waals surface area (Å²) in [7, 11) is 0. The first-order valence-electron chi connectivity index (χ1n) is 7.60. The molecule has 3 fully saturated rings. The molecule has 1 N–H and O–H groups in total. The maximum atomic E-state index is 12.9. The Kier molecular flexibility index (Phi) is 2.88. The first-order chi connectivity index (χ1) is 8.95. The number of amides is 2. The number of piperazine rings is 1. The Morgan fingerprint density at radius 1 is 1.16 bits per heavy atom. The van der Waals surface area contributed by atoms with E-state index in [0.717, 1.165) is 19.3 Å². The number of carbonyl (C=O) groups is 2. The van der Waals surface area contributed by atoms with E-state index < -0.39 is 5.54 Å². The van der Waals surface area contributed by atoms with E-state index in [-0.39, 0.29) is 23.9 Å². The summed E-state index contributed by atoms with van der Waals surface area (Å²) in [6.45, 7) is 5.99. The molecule has 4 atom stereocenters. The molecule has 2 amide bonds. The van der Waals surface area contributed by atoms with Crippen LogP contribution in [0.4, 0.5) is 0 Å². The van der Waals surface area contributed by atoms with Crippen molar-refractivity contribution in [1.29, 1.82) is 0 Å². The Balaban J connectivity index is 1.91. The highest BCUT2D eigenvalue weighted by atomic mass is 16.2. The third-order valence-electron chi connectivity index (χ3n) is 5.43. The molecular formula is C15H24N2O2. The van der Waals surface area contributed by atoms with E-state index in [0.29, 0.717) is 11.8 Å². The van der Waals surface area contributed by atoms with Crippen LogP contribution in [0.15, 0.2) is 0 Å². The molecule has 3 aliphatic rings. The van der Waals surface area contributed by atoms with Gasteiger partial charge in [0.1, 0.15) is 11.6 Å². The van der Waals surface area contributed by atoms with Crippen molar-refractivity contribution in [3.8, 4) is 0 Å². The van der Waals surface area contributed by atoms with Crippen LogP contribution < -0.4 is 5.32 Å². The topological polar surface area (TPSA) is 49.4 Å². The summed E-state index contributed by atoms with van der Waals surface area (Å²) in [6.07, 6.45) is 5.51. The molecule has 0 radical (unpaired) electrons. The zero-order valence-electron chi connectivity index (χ0n) is 12.1. The summed E-state index contributed by atoms with van der Waals surface area (Å²) in [5, 5.41) is 2.99. The van der Waals surface area contributed by atoms with Crippen molar-refractivity contribution in [3.63, 3.8) is 0 Å². The summed E-state index contributed by atoms with van der Waals surface area (Å²) >= 11 is 0. The second-order valence-electron chi connectivity index (χ2n) is 6.83. The monoisotopic (exact) mass is 264 g/mol. The van der Waals surface area contributed by atoms with Gasteiger partial charge in [0.15, 0.2) is 0 Å². The second-order valence-corrected chi connectivity index (χ2v) is 6.83. The first kappa shape index (κ1) is 12.9. The summed E-state index contributed by atoms with van der Waals surface area (Å²) in [4.78, 5) is 27.1. The quantitative estimate of drug-likeness (QED) is 0.825. The van der Waals surface area contributed by atoms with Gasteiger partial charge in [0, 0.05) is 6.04 Å². The van der Waals surface area contributed by atoms with Crippen molar-refractivity contribution in [2.45, 2.75) is 70.5 Å². The van der Waals surface area contributed by atoms with Crippen LogP contribution in [0.25, 0.3) is 0 Å². The average molecular weight is 264 g/mol. The van der Waals surface area contributed by atoms with Crippen molar-refractivity contribution < 1.29 is 9.59 Å². The Morgan fingerprint density at radius 2 is 1.84 bits per heavy atom. The lowest BCUT2D eigenvalue weighted by Gasteiger charge is -2.47. The minimum absolute atomic E-state index is 0.0214. The van der Waals surface area contributed by atoms with Gasteiger partial charge in [0.05, 0.1) is 0 Å². The van der Waals surface area contributed by atoms with Crippen LogP contribution in [-0.2, 0) is 9.59 Å². The number of nitrogens with zero attached hydrogens (tertiary/aromatic N) is 1. The molecule has 2 aliphatic carbocycles. The largest absolute Gasteiger partial charge is 0.340 e. The highest BCUT2D eigenvalue weighted by Gasteiger charge is 2.56. The molecule has 0 bridgehead atoms. The fourth-order valence-electron chi connectivity index (χ4n) is 3.90. The average Bonchev–Trinajstić information content (AvgIpc) is 3.13. The Bertz CT molecular complexity index is 418. The molecule has 0 aromatic carbocycles. The van der Waals surface area contributed by atoms with Crippen LogP contribution in [0, 0.1) is 11.8 Å². The molecule has 1 saturated heterocycles. The molecule has 2 saturated carbocycles. The molecule has 0 spiro atoms. The summed E-state index contributed by atoms with van der Waals surface area (Å²) in [5.41, 5.74) is -0.647. The Labute approximate surface area is 114 Å². The maximum Gasteiger partial charge on any atom is 0.249 e. The molecule has 4 heteroatoms. The van der Waals surface area contributed by atoms with Crippen LogP contribution in [0.5, 0.6) is 0 Å². The van der Waals surface area contributed by atoms with Crippen LogP contribution >= 0.6 is 0 Å². The van der Waals surface area contributed by atoms with Crippen molar-refractivity contribution in [3.05, 3.63) is 0 Å². The van der Waals surface area contributed by atoms with Gasteiger partial charge in [-0.1, -0.05) is 13.3 Å². The fourth-order valence-corrected chi connectivity index (χ4v) is 3.90. The standard InChI is InChI=1S/C15H24N2O2/c1-9-5-4-6-12(9)17-10(2)13(18)16-15(3,14(17)19)11-7-8-11/h9-12H,4-8H2,1-3H3,(H,16,18). The number of nitrogens with one attached hydrogen (secondary N) is 1. The number of hydrogen-bond acceptors (Lipinski definition) is 2. The molecule has 0 aromatic heterocycles. The van der Waals surface area contributed by atoms with Crippen LogP contribution in [0.2, 0.25) is 0 Å². The smallest absolute Gasteiger partial charge is 0.249 e. The zero-order chi connectivity index (χ0) is 13.8. The van der Waals surface area contributed by atoms with E-state index in [2.05, 4.69) is 12.2 Å². The molecule has 3 rings (SSSR count). The number of rotatable bonds is 2. The van der Waals surface area contributed by atoms with Gasteiger partial charge in [-0.05, 0) is 51.4 Å². The summed E-state index contributed by atoms with van der Waals surface area (Å²) in [6, 6.07) is -0.0588. The zero-order valence-corrected chi connectivity index (χ0v) is 12.1. The SMILES string of the molecule is CC1CCCC1N1C(=O)C(C)(C2CC2)NC(=O)C1C. The Morgan fingerprint density at radius 3 is 2.37 bits per heavy atom. The van der Waals surface area contributed by atoms with E-state index in [9.17, 15) is 9.59 Å². The minimum Gasteiger partial charge on any atom is -0.340 e. The van der Waals surface area contributed by atoms with Crippen molar-refractivity contribution in [2.75, 3.05) is 0 Å². The van der Waals surface area contributed by atoms with Crippen LogP contribution in [-0.4, -0.2) is 34.3 Å². The van der Waals surface area contributed by atoms with Gasteiger partial charge in [-0.25, -0.2) is 0 Å². The van der Waals surface area contributed by atoms with Crippen LogP contribution in [0.3, 0.4) is 0 Å². The molecule has 4 unspecified atom stereocenters. The third kappa shape index (κ3) is 1.87. The first-order valence-corrected chi connectivity index (χ1v) is 7.60. The molecule has 1 heterocycles. The summed E-state index contributed by atoms with van der Waals surface area (Å²) in [5.74, 6) is 1.03. The number of hydrogen-bond donors (Lipinski definition) is 1. The Hall–Kier alpha value is -1.06. The van der Waals surface area contributed by atoms with Gasteiger partial charge in [-0.15, -0.1) is 0 Å². The molecule has 4 nitrogen and oxygen atoms in total. The van der Waals surface area contributed by atoms with E-state index in [1.807, 2.05) is 18.7 Å². The third-order valence-corrected chi connectivity index (χ3v) is 5.43. The van der Waals surface area contributed by atoms with Crippen molar-refractivity contribution in [2.24, 2.45) is 11.8 Å². The molecule has 106 valence electrons. The maximum absolute atomic E-state index is 12.9. The molecular weight excluding hydrogens is 240 g/mol.